The Kier molecular flexibility index (Phi) is 4.54. The third-order valence-corrected chi connectivity index (χ3v) is 3.08. The highest BCUT2D eigenvalue weighted by molar-refractivity contribution is 5.79. The molecule has 1 amide bonds. The molecule has 1 aliphatic rings. The van der Waals surface area contributed by atoms with E-state index in [1.165, 1.54) is 0 Å². The maximum Gasteiger partial charge on any atom is 0.407 e. The molecular formula is C13H23NO3. The van der Waals surface area contributed by atoms with Crippen LogP contribution in [0.4, 0.5) is 4.79 Å². The number of ether oxygens (including phenoxy) is 1. The number of hydrogen-bond donors (Lipinski definition) is 1. The standard InChI is InChI=1S/C13H23NO3/c1-9-5-6-11(15)7-10(9)8-14-12(16)17-13(2,3)4/h9-10H,5-8H2,1-4H3,(H,14,16). The van der Waals surface area contributed by atoms with Gasteiger partial charge in [0.2, 0.25) is 0 Å². The molecule has 4 nitrogen and oxygen atoms in total. The van der Waals surface area contributed by atoms with Crippen molar-refractivity contribution in [3.05, 3.63) is 0 Å². The van der Waals surface area contributed by atoms with Gasteiger partial charge in [0.05, 0.1) is 0 Å². The van der Waals surface area contributed by atoms with Gasteiger partial charge in [-0.2, -0.15) is 0 Å². The van der Waals surface area contributed by atoms with Crippen molar-refractivity contribution in [1.29, 1.82) is 0 Å². The lowest BCUT2D eigenvalue weighted by Crippen LogP contribution is -2.38. The number of carbonyl (C=O) groups is 2. The molecule has 0 saturated heterocycles. The lowest BCUT2D eigenvalue weighted by atomic mass is 9.80. The van der Waals surface area contributed by atoms with Crippen molar-refractivity contribution in [3.63, 3.8) is 0 Å². The van der Waals surface area contributed by atoms with E-state index in [0.29, 0.717) is 31.1 Å². The molecule has 1 rings (SSSR count). The summed E-state index contributed by atoms with van der Waals surface area (Å²) >= 11 is 0. The third-order valence-electron chi connectivity index (χ3n) is 3.08. The van der Waals surface area contributed by atoms with Gasteiger partial charge in [-0.3, -0.25) is 4.79 Å². The van der Waals surface area contributed by atoms with Gasteiger partial charge in [0, 0.05) is 19.4 Å². The zero-order valence-electron chi connectivity index (χ0n) is 11.2. The first-order valence-electron chi connectivity index (χ1n) is 6.26. The Morgan fingerprint density at radius 1 is 1.47 bits per heavy atom. The fourth-order valence-corrected chi connectivity index (χ4v) is 2.02. The molecule has 0 spiro atoms. The van der Waals surface area contributed by atoms with Gasteiger partial charge < -0.3 is 10.1 Å². The van der Waals surface area contributed by atoms with Crippen LogP contribution in [0.15, 0.2) is 0 Å². The topological polar surface area (TPSA) is 55.4 Å². The molecule has 1 aliphatic carbocycles. The van der Waals surface area contributed by atoms with E-state index in [2.05, 4.69) is 12.2 Å². The van der Waals surface area contributed by atoms with Crippen molar-refractivity contribution < 1.29 is 14.3 Å². The summed E-state index contributed by atoms with van der Waals surface area (Å²) in [4.78, 5) is 22.8. The number of carbonyl (C=O) groups excluding carboxylic acids is 2. The van der Waals surface area contributed by atoms with Crippen LogP contribution < -0.4 is 5.32 Å². The van der Waals surface area contributed by atoms with Crippen LogP contribution in [0.25, 0.3) is 0 Å². The van der Waals surface area contributed by atoms with Gasteiger partial charge in [-0.1, -0.05) is 6.92 Å². The van der Waals surface area contributed by atoms with Crippen molar-refractivity contribution in [2.45, 2.75) is 52.6 Å². The molecule has 0 bridgehead atoms. The van der Waals surface area contributed by atoms with Gasteiger partial charge >= 0.3 is 6.09 Å². The molecule has 0 aromatic heterocycles. The summed E-state index contributed by atoms with van der Waals surface area (Å²) in [6.07, 6.45) is 1.79. The van der Waals surface area contributed by atoms with Gasteiger partial charge in [-0.25, -0.2) is 4.79 Å². The fraction of sp³-hybridized carbons (Fsp3) is 0.846. The first-order valence-corrected chi connectivity index (χ1v) is 6.26. The molecule has 4 heteroatoms. The Morgan fingerprint density at radius 2 is 2.12 bits per heavy atom. The quantitative estimate of drug-likeness (QED) is 0.808. The molecule has 0 aromatic carbocycles. The average Bonchev–Trinajstić information content (AvgIpc) is 2.17. The minimum atomic E-state index is -0.474. The molecule has 98 valence electrons. The molecule has 0 aliphatic heterocycles. The van der Waals surface area contributed by atoms with Gasteiger partial charge in [0.25, 0.3) is 0 Å². The molecular weight excluding hydrogens is 218 g/mol. The second kappa shape index (κ2) is 5.52. The zero-order chi connectivity index (χ0) is 13.1. The first kappa shape index (κ1) is 14.0. The van der Waals surface area contributed by atoms with E-state index < -0.39 is 11.7 Å². The second-order valence-corrected chi connectivity index (χ2v) is 5.90. The third kappa shape index (κ3) is 5.20. The monoisotopic (exact) mass is 241 g/mol. The minimum Gasteiger partial charge on any atom is -0.444 e. The van der Waals surface area contributed by atoms with Gasteiger partial charge in [-0.15, -0.1) is 0 Å². The average molecular weight is 241 g/mol. The highest BCUT2D eigenvalue weighted by Gasteiger charge is 2.27. The van der Waals surface area contributed by atoms with E-state index in [1.807, 2.05) is 20.8 Å². The van der Waals surface area contributed by atoms with Crippen LogP contribution in [0, 0.1) is 11.8 Å². The molecule has 1 saturated carbocycles. The number of alkyl carbamates (subject to hydrolysis) is 1. The fourth-order valence-electron chi connectivity index (χ4n) is 2.02. The number of Topliss-reactive ketones (excluding diaryl/α,β-unsaturated/α-hetero) is 1. The summed E-state index contributed by atoms with van der Waals surface area (Å²) in [5, 5.41) is 2.75. The van der Waals surface area contributed by atoms with E-state index in [-0.39, 0.29) is 5.92 Å². The van der Waals surface area contributed by atoms with Crippen molar-refractivity contribution in [2.75, 3.05) is 6.54 Å². The second-order valence-electron chi connectivity index (χ2n) is 5.90. The SMILES string of the molecule is CC1CCC(=O)CC1CNC(=O)OC(C)(C)C. The molecule has 17 heavy (non-hydrogen) atoms. The lowest BCUT2D eigenvalue weighted by Gasteiger charge is -2.28. The Balaban J connectivity index is 2.34. The van der Waals surface area contributed by atoms with Crippen molar-refractivity contribution in [2.24, 2.45) is 11.8 Å². The number of nitrogens with one attached hydrogen (secondary N) is 1. The van der Waals surface area contributed by atoms with E-state index in [1.54, 1.807) is 0 Å². The van der Waals surface area contributed by atoms with Crippen LogP contribution in [0.2, 0.25) is 0 Å². The first-order chi connectivity index (χ1) is 7.78. The van der Waals surface area contributed by atoms with Gasteiger partial charge in [0.1, 0.15) is 11.4 Å². The molecule has 2 unspecified atom stereocenters. The number of ketones is 1. The lowest BCUT2D eigenvalue weighted by molar-refractivity contribution is -0.122. The maximum atomic E-state index is 11.5. The molecule has 2 atom stereocenters. The van der Waals surface area contributed by atoms with Crippen molar-refractivity contribution in [1.82, 2.24) is 5.32 Å². The van der Waals surface area contributed by atoms with Crippen LogP contribution >= 0.6 is 0 Å². The zero-order valence-corrected chi connectivity index (χ0v) is 11.2. The number of amides is 1. The summed E-state index contributed by atoms with van der Waals surface area (Å²) in [5.41, 5.74) is -0.474. The summed E-state index contributed by atoms with van der Waals surface area (Å²) in [6, 6.07) is 0. The highest BCUT2D eigenvalue weighted by Crippen LogP contribution is 2.26. The smallest absolute Gasteiger partial charge is 0.407 e. The van der Waals surface area contributed by atoms with E-state index in [9.17, 15) is 9.59 Å². The molecule has 1 N–H and O–H groups in total. The van der Waals surface area contributed by atoms with Crippen LogP contribution in [-0.2, 0) is 9.53 Å². The van der Waals surface area contributed by atoms with E-state index >= 15 is 0 Å². The summed E-state index contributed by atoms with van der Waals surface area (Å²) < 4.78 is 5.16. The Bertz CT molecular complexity index is 294. The summed E-state index contributed by atoms with van der Waals surface area (Å²) in [6.45, 7) is 8.16. The van der Waals surface area contributed by atoms with Crippen LogP contribution in [-0.4, -0.2) is 24.0 Å². The van der Waals surface area contributed by atoms with Gasteiger partial charge in [0.15, 0.2) is 0 Å². The van der Waals surface area contributed by atoms with Crippen LogP contribution in [0.1, 0.15) is 47.0 Å². The predicted molar refractivity (Wildman–Crippen MR) is 65.7 cm³/mol. The molecule has 0 heterocycles. The maximum absolute atomic E-state index is 11.5. The van der Waals surface area contributed by atoms with E-state index in [4.69, 9.17) is 4.74 Å². The van der Waals surface area contributed by atoms with E-state index in [0.717, 1.165) is 6.42 Å². The Hall–Kier alpha value is -1.06. The number of rotatable bonds is 2. The minimum absolute atomic E-state index is 0.253. The predicted octanol–water partition coefficient (Wildman–Crippen LogP) is 2.52. The van der Waals surface area contributed by atoms with Crippen molar-refractivity contribution in [3.8, 4) is 0 Å². The molecule has 0 aromatic rings. The Morgan fingerprint density at radius 3 is 2.71 bits per heavy atom. The summed E-state index contributed by atoms with van der Waals surface area (Å²) in [5.74, 6) is 1.05. The largest absolute Gasteiger partial charge is 0.444 e. The number of hydrogen-bond acceptors (Lipinski definition) is 3. The normalized spacial score (nSPS) is 25.5. The summed E-state index contributed by atoms with van der Waals surface area (Å²) in [7, 11) is 0. The Labute approximate surface area is 103 Å². The molecule has 1 fully saturated rings. The van der Waals surface area contributed by atoms with Crippen molar-refractivity contribution >= 4 is 11.9 Å². The van der Waals surface area contributed by atoms with Crippen LogP contribution in [0.3, 0.4) is 0 Å². The highest BCUT2D eigenvalue weighted by atomic mass is 16.6. The van der Waals surface area contributed by atoms with Crippen LogP contribution in [0.5, 0.6) is 0 Å². The molecule has 0 radical (unpaired) electrons. The van der Waals surface area contributed by atoms with Gasteiger partial charge in [-0.05, 0) is 39.0 Å².